The highest BCUT2D eigenvalue weighted by Crippen LogP contribution is 2.39. The molecule has 0 amide bonds. The Bertz CT molecular complexity index is 259. The van der Waals surface area contributed by atoms with E-state index in [2.05, 4.69) is 11.4 Å². The molecule has 0 fully saturated rings. The van der Waals surface area contributed by atoms with Crippen LogP contribution in [0.25, 0.3) is 0 Å². The predicted octanol–water partition coefficient (Wildman–Crippen LogP) is 3.33. The van der Waals surface area contributed by atoms with Gasteiger partial charge in [-0.2, -0.15) is 0 Å². The van der Waals surface area contributed by atoms with Crippen LogP contribution in [0.4, 0.5) is 0 Å². The van der Waals surface area contributed by atoms with Crippen molar-refractivity contribution in [2.75, 3.05) is 6.61 Å². The number of allylic oxidation sites excluding steroid dienone is 1. The Labute approximate surface area is 103 Å². The van der Waals surface area contributed by atoms with Gasteiger partial charge >= 0.3 is 7.82 Å². The molecule has 0 aliphatic rings. The first kappa shape index (κ1) is 16.5. The van der Waals surface area contributed by atoms with E-state index in [0.29, 0.717) is 6.61 Å². The first-order valence-electron chi connectivity index (χ1n) is 6.04. The summed E-state index contributed by atoms with van der Waals surface area (Å²) in [6, 6.07) is 0. The van der Waals surface area contributed by atoms with Crippen molar-refractivity contribution in [3.63, 3.8) is 0 Å². The van der Waals surface area contributed by atoms with Gasteiger partial charge in [0, 0.05) is 0 Å². The zero-order valence-electron chi connectivity index (χ0n) is 10.6. The van der Waals surface area contributed by atoms with Gasteiger partial charge < -0.3 is 9.26 Å². The first-order chi connectivity index (χ1) is 7.99. The summed E-state index contributed by atoms with van der Waals surface area (Å²) in [7, 11) is -4.50. The molecule has 5 nitrogen and oxygen atoms in total. The molecule has 0 saturated heterocycles. The Morgan fingerprint density at radius 2 is 1.76 bits per heavy atom. The minimum atomic E-state index is -4.50. The Balaban J connectivity index is 3.55. The van der Waals surface area contributed by atoms with Crippen LogP contribution in [0.5, 0.6) is 0 Å². The fraction of sp³-hybridized carbons (Fsp3) is 0.818. The summed E-state index contributed by atoms with van der Waals surface area (Å²) in [5, 5.41) is 0. The van der Waals surface area contributed by atoms with Crippen molar-refractivity contribution in [3.8, 4) is 0 Å². The maximum absolute atomic E-state index is 10.6. The number of rotatable bonds is 10. The number of hydrogen-bond acceptors (Lipinski definition) is 3. The number of hydrogen-bond donors (Lipinski definition) is 2. The van der Waals surface area contributed by atoms with Crippen molar-refractivity contribution in [1.29, 1.82) is 0 Å². The smallest absolute Gasteiger partial charge is 0.465 e. The molecule has 0 bridgehead atoms. The molecule has 0 heterocycles. The van der Waals surface area contributed by atoms with Crippen LogP contribution in [-0.4, -0.2) is 16.4 Å². The zero-order valence-corrected chi connectivity index (χ0v) is 11.5. The number of phosphoric ester groups is 1. The molecule has 0 atom stereocenters. The monoisotopic (exact) mass is 266 g/mol. The molecular formula is C11H23O5P. The normalized spacial score (nSPS) is 12.6. The Morgan fingerprint density at radius 1 is 1.18 bits per heavy atom. The molecule has 0 spiro atoms. The van der Waals surface area contributed by atoms with E-state index >= 15 is 0 Å². The molecule has 2 N–H and O–H groups in total. The predicted molar refractivity (Wildman–Crippen MR) is 66.2 cm³/mol. The van der Waals surface area contributed by atoms with Crippen LogP contribution in [0.2, 0.25) is 0 Å². The zero-order chi connectivity index (χ0) is 13.1. The quantitative estimate of drug-likeness (QED) is 0.360. The Morgan fingerprint density at radius 3 is 2.29 bits per heavy atom. The second-order valence-electron chi connectivity index (χ2n) is 3.81. The summed E-state index contributed by atoms with van der Waals surface area (Å²) >= 11 is 0. The number of unbranched alkanes of at least 4 members (excludes halogenated alkanes) is 5. The van der Waals surface area contributed by atoms with Crippen molar-refractivity contribution in [2.24, 2.45) is 0 Å². The molecule has 0 rings (SSSR count). The third-order valence-electron chi connectivity index (χ3n) is 2.19. The van der Waals surface area contributed by atoms with E-state index in [9.17, 15) is 4.57 Å². The van der Waals surface area contributed by atoms with E-state index in [0.717, 1.165) is 12.8 Å². The van der Waals surface area contributed by atoms with Gasteiger partial charge in [0.15, 0.2) is 0 Å². The molecule has 0 aromatic rings. The largest absolute Gasteiger partial charge is 0.527 e. The minimum Gasteiger partial charge on any atom is -0.465 e. The summed E-state index contributed by atoms with van der Waals surface area (Å²) in [5.41, 5.74) is 0. The standard InChI is InChI=1S/C11H23O5P/c1-3-5-6-7-8-9-10-15-11(4-2)16-17(12,13)14/h4H,3,5-10H2,1-2H3,(H2,12,13,14). The van der Waals surface area contributed by atoms with Crippen molar-refractivity contribution in [3.05, 3.63) is 12.0 Å². The lowest BCUT2D eigenvalue weighted by molar-refractivity contribution is 0.0808. The highest BCUT2D eigenvalue weighted by atomic mass is 31.2. The maximum atomic E-state index is 10.6. The Hall–Kier alpha value is -0.510. The van der Waals surface area contributed by atoms with E-state index in [4.69, 9.17) is 14.5 Å². The molecule has 102 valence electrons. The van der Waals surface area contributed by atoms with Crippen molar-refractivity contribution in [2.45, 2.75) is 52.4 Å². The van der Waals surface area contributed by atoms with E-state index in [-0.39, 0.29) is 5.95 Å². The molecule has 6 heteroatoms. The summed E-state index contributed by atoms with van der Waals surface area (Å²) in [4.78, 5) is 17.2. The van der Waals surface area contributed by atoms with Crippen LogP contribution in [0.1, 0.15) is 52.4 Å². The molecule has 0 aliphatic carbocycles. The highest BCUT2D eigenvalue weighted by Gasteiger charge is 2.17. The summed E-state index contributed by atoms with van der Waals surface area (Å²) in [6.07, 6.45) is 8.19. The number of ether oxygens (including phenoxy) is 1. The van der Waals surface area contributed by atoms with Gasteiger partial charge in [-0.15, -0.1) is 0 Å². The number of phosphoric acid groups is 1. The van der Waals surface area contributed by atoms with Crippen molar-refractivity contribution in [1.82, 2.24) is 0 Å². The molecule has 0 aromatic carbocycles. The first-order valence-corrected chi connectivity index (χ1v) is 7.57. The van der Waals surface area contributed by atoms with E-state index in [1.54, 1.807) is 6.92 Å². The average Bonchev–Trinajstić information content (AvgIpc) is 2.24. The second kappa shape index (κ2) is 9.51. The average molecular weight is 266 g/mol. The van der Waals surface area contributed by atoms with Crippen LogP contribution < -0.4 is 0 Å². The second-order valence-corrected chi connectivity index (χ2v) is 4.97. The van der Waals surface area contributed by atoms with Crippen LogP contribution >= 0.6 is 7.82 Å². The Kier molecular flexibility index (Phi) is 9.23. The molecule has 0 aliphatic heterocycles. The third kappa shape index (κ3) is 11.7. The van der Waals surface area contributed by atoms with Gasteiger partial charge in [0.1, 0.15) is 0 Å². The van der Waals surface area contributed by atoms with Gasteiger partial charge in [0.25, 0.3) is 5.95 Å². The minimum absolute atomic E-state index is 0.105. The molecule has 0 radical (unpaired) electrons. The van der Waals surface area contributed by atoms with Gasteiger partial charge in [-0.3, -0.25) is 9.79 Å². The lowest BCUT2D eigenvalue weighted by atomic mass is 10.1. The molecular weight excluding hydrogens is 243 g/mol. The molecule has 17 heavy (non-hydrogen) atoms. The van der Waals surface area contributed by atoms with E-state index in [1.165, 1.54) is 31.8 Å². The van der Waals surface area contributed by atoms with E-state index in [1.807, 2.05) is 0 Å². The lowest BCUT2D eigenvalue weighted by Crippen LogP contribution is -1.98. The van der Waals surface area contributed by atoms with Crippen molar-refractivity contribution >= 4 is 7.82 Å². The van der Waals surface area contributed by atoms with Crippen LogP contribution in [-0.2, 0) is 13.8 Å². The van der Waals surface area contributed by atoms with Crippen LogP contribution in [0.3, 0.4) is 0 Å². The topological polar surface area (TPSA) is 76.0 Å². The molecule has 0 aromatic heterocycles. The van der Waals surface area contributed by atoms with Crippen LogP contribution in [0.15, 0.2) is 12.0 Å². The summed E-state index contributed by atoms with van der Waals surface area (Å²) in [5.74, 6) is -0.105. The maximum Gasteiger partial charge on any atom is 0.527 e. The highest BCUT2D eigenvalue weighted by molar-refractivity contribution is 7.46. The molecule has 0 saturated carbocycles. The third-order valence-corrected chi connectivity index (χ3v) is 2.60. The SMILES string of the molecule is CC=C(OCCCCCCCC)OP(=O)(O)O. The molecule has 0 unspecified atom stereocenters. The van der Waals surface area contributed by atoms with Crippen molar-refractivity contribution < 1.29 is 23.6 Å². The summed E-state index contributed by atoms with van der Waals surface area (Å²) in [6.45, 7) is 4.19. The van der Waals surface area contributed by atoms with Gasteiger partial charge in [0.05, 0.1) is 6.61 Å². The summed E-state index contributed by atoms with van der Waals surface area (Å²) < 4.78 is 20.0. The fourth-order valence-electron chi connectivity index (χ4n) is 1.33. The lowest BCUT2D eigenvalue weighted by Gasteiger charge is -2.11. The van der Waals surface area contributed by atoms with E-state index < -0.39 is 7.82 Å². The van der Waals surface area contributed by atoms with Gasteiger partial charge in [-0.1, -0.05) is 39.0 Å². The fourth-order valence-corrected chi connectivity index (χ4v) is 1.73. The van der Waals surface area contributed by atoms with Gasteiger partial charge in [-0.25, -0.2) is 4.57 Å². The van der Waals surface area contributed by atoms with Gasteiger partial charge in [0.2, 0.25) is 0 Å². The van der Waals surface area contributed by atoms with Crippen LogP contribution in [0, 0.1) is 0 Å². The van der Waals surface area contributed by atoms with Gasteiger partial charge in [-0.05, 0) is 19.4 Å².